The number of carbonyl (C=O) groups is 1. The number of piperidine rings is 1. The Labute approximate surface area is 202 Å². The summed E-state index contributed by atoms with van der Waals surface area (Å²) < 4.78 is 39.1. The van der Waals surface area contributed by atoms with Crippen molar-refractivity contribution in [2.24, 2.45) is 0 Å². The molecule has 0 unspecified atom stereocenters. The van der Waals surface area contributed by atoms with Gasteiger partial charge in [0.1, 0.15) is 22.6 Å². The maximum Gasteiger partial charge on any atom is 0.403 e. The van der Waals surface area contributed by atoms with Crippen molar-refractivity contribution in [3.8, 4) is 0 Å². The van der Waals surface area contributed by atoms with Crippen molar-refractivity contribution in [2.75, 3.05) is 44.2 Å². The van der Waals surface area contributed by atoms with Gasteiger partial charge in [-0.3, -0.25) is 14.6 Å². The lowest BCUT2D eigenvalue weighted by Gasteiger charge is -2.40. The van der Waals surface area contributed by atoms with Gasteiger partial charge in [-0.25, -0.2) is 9.97 Å². The standard InChI is InChI=1S/C23H31F3N6OS/c1-17(23(24,25)26)30-11-6-18(7-12-30)31-9-3-10-32(14-13-31)20-5-2-4-19(29-20)22(33)28-16-21-27-8-15-34-21/h2,4-5,8,15,17-18H,3,6-7,9-14,16H2,1H3,(H,28,33)/t17-/m0/s1. The van der Waals surface area contributed by atoms with Crippen LogP contribution >= 0.6 is 11.3 Å². The summed E-state index contributed by atoms with van der Waals surface area (Å²) in [5.74, 6) is 0.547. The fourth-order valence-electron chi connectivity index (χ4n) is 4.69. The number of aromatic nitrogens is 2. The fraction of sp³-hybridized carbons (Fsp3) is 0.609. The predicted octanol–water partition coefficient (Wildman–Crippen LogP) is 3.40. The van der Waals surface area contributed by atoms with Gasteiger partial charge >= 0.3 is 6.18 Å². The Kier molecular flexibility index (Phi) is 8.05. The zero-order valence-corrected chi connectivity index (χ0v) is 20.1. The second-order valence-electron chi connectivity index (χ2n) is 8.85. The summed E-state index contributed by atoms with van der Waals surface area (Å²) in [6.07, 6.45) is -0.00255. The number of thiazole rings is 1. The van der Waals surface area contributed by atoms with E-state index >= 15 is 0 Å². The van der Waals surface area contributed by atoms with Gasteiger partial charge in [0.15, 0.2) is 0 Å². The summed E-state index contributed by atoms with van der Waals surface area (Å²) in [4.78, 5) is 27.5. The summed E-state index contributed by atoms with van der Waals surface area (Å²) in [6, 6.07) is 4.41. The van der Waals surface area contributed by atoms with Crippen LogP contribution in [0.1, 0.15) is 41.7 Å². The first kappa shape index (κ1) is 24.9. The van der Waals surface area contributed by atoms with Crippen LogP contribution in [-0.4, -0.2) is 83.2 Å². The number of halogens is 3. The highest BCUT2D eigenvalue weighted by molar-refractivity contribution is 7.09. The molecule has 11 heteroatoms. The largest absolute Gasteiger partial charge is 0.403 e. The van der Waals surface area contributed by atoms with E-state index in [0.717, 1.165) is 56.3 Å². The van der Waals surface area contributed by atoms with Crippen LogP contribution in [0.4, 0.5) is 19.0 Å². The third-order valence-corrected chi connectivity index (χ3v) is 7.52. The molecule has 1 amide bonds. The van der Waals surface area contributed by atoms with Crippen LogP contribution in [0, 0.1) is 0 Å². The molecule has 0 radical (unpaired) electrons. The second-order valence-corrected chi connectivity index (χ2v) is 9.83. The summed E-state index contributed by atoms with van der Waals surface area (Å²) in [5, 5.41) is 5.57. The Hall–Kier alpha value is -2.24. The van der Waals surface area contributed by atoms with E-state index in [1.54, 1.807) is 17.2 Å². The van der Waals surface area contributed by atoms with Crippen LogP contribution < -0.4 is 10.2 Å². The van der Waals surface area contributed by atoms with Crippen molar-refractivity contribution in [2.45, 2.75) is 51.0 Å². The van der Waals surface area contributed by atoms with Gasteiger partial charge in [0, 0.05) is 56.9 Å². The van der Waals surface area contributed by atoms with Crippen molar-refractivity contribution in [3.05, 3.63) is 40.5 Å². The number of nitrogens with one attached hydrogen (secondary N) is 1. The molecule has 186 valence electrons. The van der Waals surface area contributed by atoms with E-state index in [1.165, 1.54) is 18.3 Å². The minimum Gasteiger partial charge on any atom is -0.355 e. The number of hydrogen-bond acceptors (Lipinski definition) is 7. The van der Waals surface area contributed by atoms with E-state index in [1.807, 2.05) is 17.5 Å². The van der Waals surface area contributed by atoms with E-state index in [4.69, 9.17) is 0 Å². The highest BCUT2D eigenvalue weighted by atomic mass is 32.1. The minimum absolute atomic E-state index is 0.228. The number of anilines is 1. The third-order valence-electron chi connectivity index (χ3n) is 6.74. The van der Waals surface area contributed by atoms with Crippen LogP contribution in [0.15, 0.2) is 29.8 Å². The van der Waals surface area contributed by atoms with Gasteiger partial charge in [-0.1, -0.05) is 6.07 Å². The highest BCUT2D eigenvalue weighted by Crippen LogP contribution is 2.28. The Morgan fingerprint density at radius 2 is 1.97 bits per heavy atom. The monoisotopic (exact) mass is 496 g/mol. The van der Waals surface area contributed by atoms with E-state index in [9.17, 15) is 18.0 Å². The molecule has 4 heterocycles. The van der Waals surface area contributed by atoms with Crippen molar-refractivity contribution >= 4 is 23.1 Å². The molecule has 34 heavy (non-hydrogen) atoms. The van der Waals surface area contributed by atoms with Crippen molar-refractivity contribution in [1.82, 2.24) is 25.1 Å². The second kappa shape index (κ2) is 11.0. The molecule has 2 fully saturated rings. The number of pyridine rings is 1. The van der Waals surface area contributed by atoms with Gasteiger partial charge in [0.05, 0.1) is 6.54 Å². The Morgan fingerprint density at radius 3 is 2.68 bits per heavy atom. The first-order valence-electron chi connectivity index (χ1n) is 11.7. The Bertz CT molecular complexity index is 933. The topological polar surface area (TPSA) is 64.6 Å². The molecule has 0 saturated carbocycles. The average molecular weight is 497 g/mol. The lowest BCUT2D eigenvalue weighted by atomic mass is 10.0. The molecule has 1 atom stereocenters. The smallest absolute Gasteiger partial charge is 0.355 e. The minimum atomic E-state index is -4.17. The van der Waals surface area contributed by atoms with Crippen LogP contribution in [0.5, 0.6) is 0 Å². The molecule has 2 aromatic heterocycles. The first-order valence-corrected chi connectivity index (χ1v) is 12.6. The quantitative estimate of drug-likeness (QED) is 0.662. The third kappa shape index (κ3) is 6.25. The molecule has 4 rings (SSSR count). The van der Waals surface area contributed by atoms with E-state index in [0.29, 0.717) is 31.4 Å². The van der Waals surface area contributed by atoms with Gasteiger partial charge in [-0.05, 0) is 38.3 Å². The van der Waals surface area contributed by atoms with E-state index in [-0.39, 0.29) is 5.91 Å². The summed E-state index contributed by atoms with van der Waals surface area (Å²) in [7, 11) is 0. The molecule has 0 spiro atoms. The van der Waals surface area contributed by atoms with Crippen molar-refractivity contribution < 1.29 is 18.0 Å². The van der Waals surface area contributed by atoms with Crippen LogP contribution in [0.2, 0.25) is 0 Å². The van der Waals surface area contributed by atoms with Crippen molar-refractivity contribution in [3.63, 3.8) is 0 Å². The summed E-state index contributed by atoms with van der Waals surface area (Å²) in [6.45, 7) is 5.95. The van der Waals surface area contributed by atoms with Crippen LogP contribution in [-0.2, 0) is 6.54 Å². The molecule has 2 aromatic rings. The Morgan fingerprint density at radius 1 is 1.18 bits per heavy atom. The maximum absolute atomic E-state index is 13.0. The number of carbonyl (C=O) groups excluding carboxylic acids is 1. The predicted molar refractivity (Wildman–Crippen MR) is 126 cm³/mol. The van der Waals surface area contributed by atoms with Gasteiger partial charge in [0.25, 0.3) is 5.91 Å². The first-order chi connectivity index (χ1) is 16.3. The lowest BCUT2D eigenvalue weighted by molar-refractivity contribution is -0.182. The molecule has 1 N–H and O–H groups in total. The highest BCUT2D eigenvalue weighted by Gasteiger charge is 2.41. The molecule has 0 aliphatic carbocycles. The number of nitrogens with zero attached hydrogens (tertiary/aromatic N) is 5. The molecule has 2 aliphatic heterocycles. The van der Waals surface area contributed by atoms with E-state index in [2.05, 4.69) is 25.1 Å². The SMILES string of the molecule is C[C@H](N1CCC(N2CCCN(c3cccc(C(=O)NCc4nccs4)n3)CC2)CC1)C(F)(F)F. The molecule has 2 saturated heterocycles. The number of amides is 1. The van der Waals surface area contributed by atoms with Crippen molar-refractivity contribution in [1.29, 1.82) is 0 Å². The summed E-state index contributed by atoms with van der Waals surface area (Å²) in [5.41, 5.74) is 0.376. The van der Waals surface area contributed by atoms with Crippen LogP contribution in [0.25, 0.3) is 0 Å². The molecule has 0 bridgehead atoms. The average Bonchev–Trinajstić information content (AvgIpc) is 3.24. The van der Waals surface area contributed by atoms with Crippen LogP contribution in [0.3, 0.4) is 0 Å². The number of hydrogen-bond donors (Lipinski definition) is 1. The molecule has 7 nitrogen and oxygen atoms in total. The number of alkyl halides is 3. The van der Waals surface area contributed by atoms with Gasteiger partial charge < -0.3 is 10.2 Å². The summed E-state index contributed by atoms with van der Waals surface area (Å²) >= 11 is 1.49. The lowest BCUT2D eigenvalue weighted by Crippen LogP contribution is -2.51. The molecular formula is C23H31F3N6OS. The zero-order chi connectivity index (χ0) is 24.1. The molecular weight excluding hydrogens is 465 g/mol. The van der Waals surface area contributed by atoms with Gasteiger partial charge in [-0.2, -0.15) is 13.2 Å². The number of likely N-dealkylation sites (tertiary alicyclic amines) is 1. The molecule has 2 aliphatic rings. The van der Waals surface area contributed by atoms with E-state index < -0.39 is 12.2 Å². The number of rotatable bonds is 6. The normalized spacial score (nSPS) is 20.2. The van der Waals surface area contributed by atoms with Gasteiger partial charge in [0.2, 0.25) is 0 Å². The fourth-order valence-corrected chi connectivity index (χ4v) is 5.25. The Balaban J connectivity index is 1.30. The van der Waals surface area contributed by atoms with Gasteiger partial charge in [-0.15, -0.1) is 11.3 Å². The molecule has 0 aromatic carbocycles. The zero-order valence-electron chi connectivity index (χ0n) is 19.3. The maximum atomic E-state index is 13.0.